The lowest BCUT2D eigenvalue weighted by molar-refractivity contribution is -0.274. The second-order valence-corrected chi connectivity index (χ2v) is 8.68. The maximum Gasteiger partial charge on any atom is 0.573 e. The summed E-state index contributed by atoms with van der Waals surface area (Å²) in [6.45, 7) is -0.483. The number of anilines is 1. The van der Waals surface area contributed by atoms with E-state index in [0.29, 0.717) is 6.07 Å². The molecule has 176 valence electrons. The topological polar surface area (TPSA) is 106 Å². The van der Waals surface area contributed by atoms with E-state index in [-0.39, 0.29) is 22.5 Å². The molecule has 34 heavy (non-hydrogen) atoms. The molecule has 2 heterocycles. The van der Waals surface area contributed by atoms with Crippen LogP contribution in [-0.2, 0) is 16.6 Å². The molecular weight excluding hydrogens is 482 g/mol. The molecule has 0 aliphatic carbocycles. The van der Waals surface area contributed by atoms with Crippen LogP contribution in [0, 0.1) is 5.82 Å². The van der Waals surface area contributed by atoms with Crippen molar-refractivity contribution in [2.45, 2.75) is 17.8 Å². The van der Waals surface area contributed by atoms with Crippen molar-refractivity contribution in [3.63, 3.8) is 0 Å². The molecule has 8 nitrogen and oxygen atoms in total. The molecule has 0 saturated carbocycles. The van der Waals surface area contributed by atoms with Gasteiger partial charge in [-0.15, -0.1) is 13.2 Å². The number of sulfonamides is 1. The summed E-state index contributed by atoms with van der Waals surface area (Å²) in [5.74, 6) is -2.89. The first-order valence-corrected chi connectivity index (χ1v) is 10.9. The van der Waals surface area contributed by atoms with Gasteiger partial charge in [0.2, 0.25) is 0 Å². The van der Waals surface area contributed by atoms with Crippen molar-refractivity contribution in [1.82, 2.24) is 9.88 Å². The average Bonchev–Trinajstić information content (AvgIpc) is 3.00. The van der Waals surface area contributed by atoms with Gasteiger partial charge in [-0.05, 0) is 54.1 Å². The van der Waals surface area contributed by atoms with Gasteiger partial charge in [0.25, 0.3) is 21.8 Å². The van der Waals surface area contributed by atoms with E-state index in [1.165, 1.54) is 18.3 Å². The van der Waals surface area contributed by atoms with Gasteiger partial charge in [-0.3, -0.25) is 24.2 Å². The predicted octanol–water partition coefficient (Wildman–Crippen LogP) is 3.72. The van der Waals surface area contributed by atoms with Gasteiger partial charge in [0, 0.05) is 11.9 Å². The molecule has 1 aliphatic rings. The van der Waals surface area contributed by atoms with E-state index in [1.54, 1.807) is 0 Å². The lowest BCUT2D eigenvalue weighted by Crippen LogP contribution is -2.30. The summed E-state index contributed by atoms with van der Waals surface area (Å²) in [6, 6.07) is 9.48. The summed E-state index contributed by atoms with van der Waals surface area (Å²) in [5, 5.41) is 0. The zero-order chi connectivity index (χ0) is 24.7. The molecule has 0 bridgehead atoms. The number of nitrogens with one attached hydrogen (secondary N) is 1. The van der Waals surface area contributed by atoms with E-state index >= 15 is 0 Å². The van der Waals surface area contributed by atoms with Crippen LogP contribution in [0.25, 0.3) is 0 Å². The summed E-state index contributed by atoms with van der Waals surface area (Å²) in [6.07, 6.45) is -3.59. The van der Waals surface area contributed by atoms with Crippen LogP contribution in [0.15, 0.2) is 65.7 Å². The number of rotatable bonds is 6. The number of carbonyl (C=O) groups is 2. The monoisotopic (exact) mass is 495 g/mol. The first-order chi connectivity index (χ1) is 15.9. The number of hydrogen-bond acceptors (Lipinski definition) is 6. The third-order valence-corrected chi connectivity index (χ3v) is 6.18. The van der Waals surface area contributed by atoms with Gasteiger partial charge in [0.15, 0.2) is 0 Å². The number of benzene rings is 2. The van der Waals surface area contributed by atoms with Gasteiger partial charge < -0.3 is 4.74 Å². The minimum absolute atomic E-state index is 0.0540. The van der Waals surface area contributed by atoms with Crippen LogP contribution in [0.4, 0.5) is 23.2 Å². The number of alkyl halides is 3. The molecule has 0 fully saturated rings. The Morgan fingerprint density at radius 3 is 2.35 bits per heavy atom. The van der Waals surface area contributed by atoms with Crippen molar-refractivity contribution < 1.29 is 40.3 Å². The molecule has 0 unspecified atom stereocenters. The highest BCUT2D eigenvalue weighted by Gasteiger charge is 2.37. The molecule has 2 aromatic carbocycles. The van der Waals surface area contributed by atoms with Crippen molar-refractivity contribution in [2.75, 3.05) is 4.72 Å². The molecule has 13 heteroatoms. The van der Waals surface area contributed by atoms with Gasteiger partial charge in [-0.2, -0.15) is 0 Å². The Morgan fingerprint density at radius 1 is 1.00 bits per heavy atom. The highest BCUT2D eigenvalue weighted by Crippen LogP contribution is 2.28. The Hall–Kier alpha value is -4.00. The highest BCUT2D eigenvalue weighted by molar-refractivity contribution is 7.92. The van der Waals surface area contributed by atoms with Crippen molar-refractivity contribution in [2.24, 2.45) is 0 Å². The van der Waals surface area contributed by atoms with E-state index in [4.69, 9.17) is 0 Å². The lowest BCUT2D eigenvalue weighted by atomic mass is 10.2. The second-order valence-electron chi connectivity index (χ2n) is 7.03. The van der Waals surface area contributed by atoms with Gasteiger partial charge in [0.1, 0.15) is 17.3 Å². The smallest absolute Gasteiger partial charge is 0.406 e. The quantitative estimate of drug-likeness (QED) is 0.413. The van der Waals surface area contributed by atoms with Crippen LogP contribution in [0.3, 0.4) is 0 Å². The lowest BCUT2D eigenvalue weighted by Gasteiger charge is -2.17. The molecule has 2 amide bonds. The van der Waals surface area contributed by atoms with E-state index in [1.807, 2.05) is 0 Å². The van der Waals surface area contributed by atoms with Crippen LogP contribution in [0.5, 0.6) is 5.75 Å². The standard InChI is InChI=1S/C21H13F4N3O5S/c22-13-4-3-12(11-28-19(29)16-2-1-9-26-18(16)20(28)30)17(10-13)34(31,32)27-14-5-7-15(8-6-14)33-21(23,24)25/h1-10,27H,11H2. The largest absolute Gasteiger partial charge is 0.573 e. The first kappa shape index (κ1) is 23.2. The van der Waals surface area contributed by atoms with E-state index < -0.39 is 51.2 Å². The van der Waals surface area contributed by atoms with Crippen molar-refractivity contribution in [3.8, 4) is 5.75 Å². The number of imide groups is 1. The number of amides is 2. The Labute approximate surface area is 189 Å². The van der Waals surface area contributed by atoms with E-state index in [2.05, 4.69) is 14.4 Å². The number of aromatic nitrogens is 1. The van der Waals surface area contributed by atoms with Gasteiger partial charge in [0.05, 0.1) is 17.0 Å². The summed E-state index contributed by atoms with van der Waals surface area (Å²) in [5.41, 5.74) is -0.230. The minimum Gasteiger partial charge on any atom is -0.406 e. The molecule has 1 aromatic heterocycles. The Morgan fingerprint density at radius 2 is 1.71 bits per heavy atom. The summed E-state index contributed by atoms with van der Waals surface area (Å²) in [4.78, 5) is 29.3. The fourth-order valence-corrected chi connectivity index (χ4v) is 4.57. The Bertz CT molecular complexity index is 1360. The third kappa shape index (κ3) is 4.69. The van der Waals surface area contributed by atoms with Crippen molar-refractivity contribution in [3.05, 3.63) is 83.4 Å². The van der Waals surface area contributed by atoms with Crippen LogP contribution in [0.1, 0.15) is 26.4 Å². The summed E-state index contributed by atoms with van der Waals surface area (Å²) >= 11 is 0. The van der Waals surface area contributed by atoms with Gasteiger partial charge in [-0.1, -0.05) is 6.07 Å². The van der Waals surface area contributed by atoms with Crippen molar-refractivity contribution in [1.29, 1.82) is 0 Å². The first-order valence-electron chi connectivity index (χ1n) is 9.43. The summed E-state index contributed by atoms with van der Waals surface area (Å²) < 4.78 is 82.6. The maximum atomic E-state index is 13.9. The van der Waals surface area contributed by atoms with Crippen LogP contribution < -0.4 is 9.46 Å². The number of hydrogen-bond donors (Lipinski definition) is 1. The fourth-order valence-electron chi connectivity index (χ4n) is 3.27. The minimum atomic E-state index is -4.92. The second kappa shape index (κ2) is 8.41. The molecule has 4 rings (SSSR count). The average molecular weight is 495 g/mol. The molecule has 1 N–H and O–H groups in total. The van der Waals surface area contributed by atoms with Crippen molar-refractivity contribution >= 4 is 27.5 Å². The predicted molar refractivity (Wildman–Crippen MR) is 109 cm³/mol. The summed E-state index contributed by atoms with van der Waals surface area (Å²) in [7, 11) is -4.48. The number of carbonyl (C=O) groups excluding carboxylic acids is 2. The van der Waals surface area contributed by atoms with Crippen LogP contribution >= 0.6 is 0 Å². The normalized spacial score (nSPS) is 13.7. The van der Waals surface area contributed by atoms with Gasteiger partial charge >= 0.3 is 6.36 Å². The molecular formula is C21H13F4N3O5S. The SMILES string of the molecule is O=C1c2cccnc2C(=O)N1Cc1ccc(F)cc1S(=O)(=O)Nc1ccc(OC(F)(F)F)cc1. The van der Waals surface area contributed by atoms with Crippen LogP contribution in [0.2, 0.25) is 0 Å². The molecule has 1 aliphatic heterocycles. The van der Waals surface area contributed by atoms with Gasteiger partial charge in [-0.25, -0.2) is 12.8 Å². The zero-order valence-electron chi connectivity index (χ0n) is 16.8. The number of ether oxygens (including phenoxy) is 1. The van der Waals surface area contributed by atoms with E-state index in [9.17, 15) is 35.6 Å². The fraction of sp³-hybridized carbons (Fsp3) is 0.0952. The Kier molecular flexibility index (Phi) is 5.73. The highest BCUT2D eigenvalue weighted by atomic mass is 32.2. The van der Waals surface area contributed by atoms with E-state index in [0.717, 1.165) is 41.3 Å². The molecule has 0 saturated heterocycles. The molecule has 0 radical (unpaired) electrons. The number of nitrogens with zero attached hydrogens (tertiary/aromatic N) is 2. The maximum absolute atomic E-state index is 13.9. The number of halogens is 4. The third-order valence-electron chi connectivity index (χ3n) is 4.72. The number of pyridine rings is 1. The number of fused-ring (bicyclic) bond motifs is 1. The molecule has 0 atom stereocenters. The zero-order valence-corrected chi connectivity index (χ0v) is 17.7. The Balaban J connectivity index is 1.61. The van der Waals surface area contributed by atoms with Crippen LogP contribution in [-0.4, -0.2) is 36.5 Å². The molecule has 3 aromatic rings. The molecule has 0 spiro atoms.